The van der Waals surface area contributed by atoms with E-state index in [1.54, 1.807) is 0 Å². The van der Waals surface area contributed by atoms with Crippen molar-refractivity contribution < 1.29 is 22.0 Å². The first kappa shape index (κ1) is 19.7. The molecule has 0 amide bonds. The lowest BCUT2D eigenvalue weighted by molar-refractivity contribution is -0.144. The van der Waals surface area contributed by atoms with Crippen LogP contribution in [-0.4, -0.2) is 14.1 Å². The normalized spacial score (nSPS) is 15.5. The minimum Gasteiger partial charge on any atom is -0.438 e. The Morgan fingerprint density at radius 2 is 1.86 bits per heavy atom. The molecule has 0 aliphatic heterocycles. The lowest BCUT2D eigenvalue weighted by Crippen LogP contribution is -2.41. The second-order valence-corrected chi connectivity index (χ2v) is 7.35. The van der Waals surface area contributed by atoms with Crippen LogP contribution in [0.3, 0.4) is 0 Å². The lowest BCUT2D eigenvalue weighted by atomic mass is 10.1. The fourth-order valence-electron chi connectivity index (χ4n) is 3.67. The Kier molecular flexibility index (Phi) is 4.56. The van der Waals surface area contributed by atoms with Gasteiger partial charge in [-0.3, -0.25) is 9.36 Å². The van der Waals surface area contributed by atoms with Crippen LogP contribution in [0, 0.1) is 5.82 Å². The molecule has 3 aromatic rings. The summed E-state index contributed by atoms with van der Waals surface area (Å²) < 4.78 is 60.2. The van der Waals surface area contributed by atoms with Gasteiger partial charge in [0.2, 0.25) is 0 Å². The summed E-state index contributed by atoms with van der Waals surface area (Å²) in [7, 11) is 0.844. The molecule has 4 rings (SSSR count). The zero-order chi connectivity index (χ0) is 21.1. The fraction of sp³-hybridized carbons (Fsp3) is 0.389. The summed E-state index contributed by atoms with van der Waals surface area (Å²) >= 11 is 6.06. The molecule has 2 aromatic heterocycles. The van der Waals surface area contributed by atoms with E-state index in [9.17, 15) is 27.2 Å². The zero-order valence-electron chi connectivity index (χ0n) is 15.0. The van der Waals surface area contributed by atoms with E-state index in [-0.39, 0.29) is 32.7 Å². The highest BCUT2D eigenvalue weighted by molar-refractivity contribution is 6.35. The molecule has 1 aromatic carbocycles. The highest BCUT2D eigenvalue weighted by Crippen LogP contribution is 2.38. The predicted octanol–water partition coefficient (Wildman–Crippen LogP) is 4.15. The Morgan fingerprint density at radius 3 is 2.48 bits per heavy atom. The smallest absolute Gasteiger partial charge is 0.431 e. The maximum atomic E-state index is 14.8. The average molecular weight is 432 g/mol. The van der Waals surface area contributed by atoms with E-state index in [0.717, 1.165) is 38.8 Å². The molecule has 1 saturated carbocycles. The highest BCUT2D eigenvalue weighted by atomic mass is 35.5. The van der Waals surface area contributed by atoms with Crippen molar-refractivity contribution in [2.24, 2.45) is 7.05 Å². The SMILES string of the molecule is Cn1c(C(F)(F)F)cc(=O)n(-c2c(F)cc(Cl)c3nc(C4CCCC4)oc23)c1=O. The Balaban J connectivity index is 2.03. The van der Waals surface area contributed by atoms with Crippen LogP contribution in [0.2, 0.25) is 5.02 Å². The first-order valence-corrected chi connectivity index (χ1v) is 9.16. The Labute approximate surface area is 165 Å². The third-order valence-electron chi connectivity index (χ3n) is 5.10. The van der Waals surface area contributed by atoms with E-state index in [2.05, 4.69) is 4.98 Å². The molecule has 0 unspecified atom stereocenters. The van der Waals surface area contributed by atoms with E-state index < -0.39 is 34.6 Å². The van der Waals surface area contributed by atoms with Gasteiger partial charge in [0.1, 0.15) is 16.9 Å². The van der Waals surface area contributed by atoms with Gasteiger partial charge in [0, 0.05) is 19.0 Å². The van der Waals surface area contributed by atoms with Crippen LogP contribution < -0.4 is 11.2 Å². The van der Waals surface area contributed by atoms with Crippen molar-refractivity contribution in [2.75, 3.05) is 0 Å². The van der Waals surface area contributed by atoms with Crippen LogP contribution in [0.25, 0.3) is 16.8 Å². The number of aromatic nitrogens is 3. The molecule has 0 atom stereocenters. The Hall–Kier alpha value is -2.62. The van der Waals surface area contributed by atoms with Gasteiger partial charge in [0.25, 0.3) is 5.56 Å². The molecule has 1 aliphatic carbocycles. The Morgan fingerprint density at radius 1 is 1.21 bits per heavy atom. The summed E-state index contributed by atoms with van der Waals surface area (Å²) in [6.45, 7) is 0. The number of nitrogens with zero attached hydrogens (tertiary/aromatic N) is 3. The monoisotopic (exact) mass is 431 g/mol. The molecule has 6 nitrogen and oxygen atoms in total. The molecule has 0 radical (unpaired) electrons. The quantitative estimate of drug-likeness (QED) is 0.572. The third-order valence-corrected chi connectivity index (χ3v) is 5.39. The average Bonchev–Trinajstić information content (AvgIpc) is 3.29. The lowest BCUT2D eigenvalue weighted by Gasteiger charge is -2.14. The number of rotatable bonds is 2. The van der Waals surface area contributed by atoms with Crippen LogP contribution in [0.15, 0.2) is 26.1 Å². The van der Waals surface area contributed by atoms with Crippen LogP contribution in [0.5, 0.6) is 0 Å². The molecule has 0 saturated heterocycles. The van der Waals surface area contributed by atoms with E-state index in [4.69, 9.17) is 16.0 Å². The van der Waals surface area contributed by atoms with Gasteiger partial charge >= 0.3 is 11.9 Å². The number of hydrogen-bond acceptors (Lipinski definition) is 4. The fourth-order valence-corrected chi connectivity index (χ4v) is 3.90. The zero-order valence-corrected chi connectivity index (χ0v) is 15.8. The summed E-state index contributed by atoms with van der Waals surface area (Å²) in [6, 6.07) is 1.08. The van der Waals surface area contributed by atoms with Crippen molar-refractivity contribution in [3.63, 3.8) is 0 Å². The molecule has 154 valence electrons. The van der Waals surface area contributed by atoms with Crippen molar-refractivity contribution >= 4 is 22.7 Å². The molecule has 0 bridgehead atoms. The number of benzene rings is 1. The molecular weight excluding hydrogens is 418 g/mol. The number of hydrogen-bond donors (Lipinski definition) is 0. The molecule has 1 aliphatic rings. The first-order chi connectivity index (χ1) is 13.6. The van der Waals surface area contributed by atoms with Crippen molar-refractivity contribution in [3.8, 4) is 5.69 Å². The first-order valence-electron chi connectivity index (χ1n) is 8.78. The molecule has 0 spiro atoms. The standard InChI is InChI=1S/C18H14ClF4N3O3/c1-25-11(18(21,22)23)7-12(27)26(17(25)28)14-10(20)6-9(19)13-15(14)29-16(24-13)8-4-2-3-5-8/h6-8H,2-5H2,1H3. The van der Waals surface area contributed by atoms with Gasteiger partial charge in [-0.25, -0.2) is 18.7 Å². The van der Waals surface area contributed by atoms with Crippen molar-refractivity contribution in [3.05, 3.63) is 55.4 Å². The van der Waals surface area contributed by atoms with Gasteiger partial charge in [-0.2, -0.15) is 13.2 Å². The Bertz CT molecular complexity index is 1240. The van der Waals surface area contributed by atoms with E-state index in [0.29, 0.717) is 10.5 Å². The van der Waals surface area contributed by atoms with Gasteiger partial charge in [-0.05, 0) is 18.9 Å². The van der Waals surface area contributed by atoms with E-state index in [1.165, 1.54) is 0 Å². The van der Waals surface area contributed by atoms with Crippen LogP contribution in [0.4, 0.5) is 17.6 Å². The number of oxazole rings is 1. The molecule has 1 fully saturated rings. The van der Waals surface area contributed by atoms with Crippen molar-refractivity contribution in [1.82, 2.24) is 14.1 Å². The van der Waals surface area contributed by atoms with E-state index >= 15 is 0 Å². The number of fused-ring (bicyclic) bond motifs is 1. The minimum absolute atomic E-state index is 0.0125. The maximum absolute atomic E-state index is 14.8. The van der Waals surface area contributed by atoms with Gasteiger partial charge in [-0.1, -0.05) is 24.4 Å². The maximum Gasteiger partial charge on any atom is 0.431 e. The van der Waals surface area contributed by atoms with Gasteiger partial charge in [0.05, 0.1) is 5.02 Å². The van der Waals surface area contributed by atoms with Crippen LogP contribution in [-0.2, 0) is 13.2 Å². The van der Waals surface area contributed by atoms with Crippen LogP contribution in [0.1, 0.15) is 43.2 Å². The summed E-state index contributed by atoms with van der Waals surface area (Å²) in [5, 5.41) is -0.0916. The molecule has 2 heterocycles. The summed E-state index contributed by atoms with van der Waals surface area (Å²) in [6.07, 6.45) is -1.37. The topological polar surface area (TPSA) is 70.0 Å². The van der Waals surface area contributed by atoms with E-state index in [1.807, 2.05) is 0 Å². The molecular formula is C18H14ClF4N3O3. The summed E-state index contributed by atoms with van der Waals surface area (Å²) in [4.78, 5) is 29.2. The van der Waals surface area contributed by atoms with Gasteiger partial charge in [0.15, 0.2) is 17.3 Å². The van der Waals surface area contributed by atoms with Gasteiger partial charge in [-0.15, -0.1) is 0 Å². The molecule has 29 heavy (non-hydrogen) atoms. The molecule has 11 heteroatoms. The largest absolute Gasteiger partial charge is 0.438 e. The number of halogens is 5. The summed E-state index contributed by atoms with van der Waals surface area (Å²) in [5.74, 6) is -0.805. The second kappa shape index (κ2) is 6.72. The predicted molar refractivity (Wildman–Crippen MR) is 96.0 cm³/mol. The molecule has 0 N–H and O–H groups in total. The van der Waals surface area contributed by atoms with Crippen LogP contribution >= 0.6 is 11.6 Å². The second-order valence-electron chi connectivity index (χ2n) is 6.94. The van der Waals surface area contributed by atoms with Crippen molar-refractivity contribution in [2.45, 2.75) is 37.8 Å². The number of alkyl halides is 3. The summed E-state index contributed by atoms with van der Waals surface area (Å²) in [5.41, 5.74) is -4.98. The van der Waals surface area contributed by atoms with Crippen molar-refractivity contribution in [1.29, 1.82) is 0 Å². The highest BCUT2D eigenvalue weighted by Gasteiger charge is 2.36. The third kappa shape index (κ3) is 3.15. The van der Waals surface area contributed by atoms with Gasteiger partial charge < -0.3 is 4.42 Å². The minimum atomic E-state index is -4.93.